The van der Waals surface area contributed by atoms with E-state index in [2.05, 4.69) is 15.3 Å². The van der Waals surface area contributed by atoms with Gasteiger partial charge in [0.2, 0.25) is 5.75 Å². The summed E-state index contributed by atoms with van der Waals surface area (Å²) in [6, 6.07) is 8.97. The molecule has 3 rings (SSSR count). The minimum Gasteiger partial charge on any atom is -0.501 e. The number of ketones is 1. The van der Waals surface area contributed by atoms with Crippen LogP contribution in [0.5, 0.6) is 5.75 Å². The largest absolute Gasteiger partial charge is 0.501 e. The van der Waals surface area contributed by atoms with Gasteiger partial charge in [0.15, 0.2) is 5.69 Å². The zero-order chi connectivity index (χ0) is 21.0. The molecule has 2 aromatic rings. The summed E-state index contributed by atoms with van der Waals surface area (Å²) in [4.78, 5) is 53.6. The van der Waals surface area contributed by atoms with Crippen LogP contribution in [-0.2, 0) is 21.7 Å². The van der Waals surface area contributed by atoms with E-state index in [4.69, 9.17) is 4.74 Å². The molecule has 1 aromatic heterocycles. The molecule has 4 N–H and O–H groups in total. The van der Waals surface area contributed by atoms with Crippen molar-refractivity contribution in [2.45, 2.75) is 37.8 Å². The Morgan fingerprint density at radius 3 is 2.45 bits per heavy atom. The number of carboxylic acid groups (broad SMARTS) is 1. The molecule has 0 aliphatic heterocycles. The van der Waals surface area contributed by atoms with Crippen LogP contribution < -0.4 is 10.9 Å². The molecule has 152 valence electrons. The molecule has 1 aromatic carbocycles. The third kappa shape index (κ3) is 4.42. The van der Waals surface area contributed by atoms with Crippen molar-refractivity contribution >= 4 is 17.8 Å². The molecule has 1 amide bonds. The molecule has 1 aliphatic rings. The number of carboxylic acids is 1. The van der Waals surface area contributed by atoms with E-state index in [1.54, 1.807) is 24.3 Å². The Hall–Kier alpha value is -3.69. The summed E-state index contributed by atoms with van der Waals surface area (Å²) in [6.07, 6.45) is -0.411. The number of H-pyrrole nitrogens is 1. The lowest BCUT2D eigenvalue weighted by Gasteiger charge is -2.36. The van der Waals surface area contributed by atoms with Crippen molar-refractivity contribution in [1.29, 1.82) is 0 Å². The molecule has 1 saturated carbocycles. The Bertz CT molecular complexity index is 991. The summed E-state index contributed by atoms with van der Waals surface area (Å²) in [6.45, 7) is 0.00157. The highest BCUT2D eigenvalue weighted by Gasteiger charge is 2.41. The van der Waals surface area contributed by atoms with E-state index >= 15 is 0 Å². The monoisotopic (exact) mass is 401 g/mol. The van der Waals surface area contributed by atoms with Gasteiger partial charge in [0, 0.05) is 12.8 Å². The highest BCUT2D eigenvalue weighted by atomic mass is 16.5. The fourth-order valence-electron chi connectivity index (χ4n) is 3.17. The van der Waals surface area contributed by atoms with E-state index in [1.807, 2.05) is 6.07 Å². The fraction of sp³-hybridized carbons (Fsp3) is 0.316. The Morgan fingerprint density at radius 1 is 1.17 bits per heavy atom. The quantitative estimate of drug-likeness (QED) is 0.586. The second-order valence-electron chi connectivity index (χ2n) is 6.72. The number of nitrogens with one attached hydrogen (secondary N) is 2. The van der Waals surface area contributed by atoms with E-state index in [0.29, 0.717) is 0 Å². The van der Waals surface area contributed by atoms with Gasteiger partial charge in [0.25, 0.3) is 5.56 Å². The average molecular weight is 401 g/mol. The number of carbonyl (C=O) groups excluding carboxylic acids is 2. The van der Waals surface area contributed by atoms with Gasteiger partial charge in [-0.1, -0.05) is 30.3 Å². The molecule has 0 atom stereocenters. The highest BCUT2D eigenvalue weighted by Crippen LogP contribution is 2.34. The molecule has 0 radical (unpaired) electrons. The summed E-state index contributed by atoms with van der Waals surface area (Å²) >= 11 is 0. The number of hydrogen-bond acceptors (Lipinski definition) is 7. The fourth-order valence-corrected chi connectivity index (χ4v) is 3.17. The van der Waals surface area contributed by atoms with Gasteiger partial charge in [-0.25, -0.2) is 14.6 Å². The number of hydrogen-bond donors (Lipinski definition) is 4. The van der Waals surface area contributed by atoms with Crippen molar-refractivity contribution in [2.24, 2.45) is 0 Å². The van der Waals surface area contributed by atoms with E-state index in [1.165, 1.54) is 0 Å². The summed E-state index contributed by atoms with van der Waals surface area (Å²) < 4.78 is 5.22. The lowest BCUT2D eigenvalue weighted by atomic mass is 9.80. The molecular formula is C19H19N3O7. The molecule has 29 heavy (non-hydrogen) atoms. The number of ether oxygens (including phenoxy) is 1. The van der Waals surface area contributed by atoms with Crippen LogP contribution in [0.2, 0.25) is 0 Å². The molecule has 1 fully saturated rings. The van der Waals surface area contributed by atoms with Crippen molar-refractivity contribution in [3.05, 3.63) is 57.8 Å². The van der Waals surface area contributed by atoms with Crippen LogP contribution in [0.1, 0.15) is 47.6 Å². The first-order valence-corrected chi connectivity index (χ1v) is 8.88. The van der Waals surface area contributed by atoms with Gasteiger partial charge in [-0.3, -0.25) is 9.59 Å². The van der Waals surface area contributed by atoms with Gasteiger partial charge < -0.3 is 25.3 Å². The lowest BCUT2D eigenvalue weighted by molar-refractivity contribution is -0.121. The first-order chi connectivity index (χ1) is 13.8. The molecular weight excluding hydrogens is 382 g/mol. The smallest absolute Gasteiger partial charge is 0.408 e. The normalized spacial score (nSPS) is 15.5. The first-order valence-electron chi connectivity index (χ1n) is 8.88. The summed E-state index contributed by atoms with van der Waals surface area (Å²) in [5.41, 5.74) is -2.43. The number of aromatic amines is 1. The number of amides is 1. The average Bonchev–Trinajstić information content (AvgIpc) is 2.71. The second-order valence-corrected chi connectivity index (χ2v) is 6.72. The summed E-state index contributed by atoms with van der Waals surface area (Å²) in [5.74, 6) is -2.81. The molecule has 0 unspecified atom stereocenters. The van der Waals surface area contributed by atoms with Crippen molar-refractivity contribution in [1.82, 2.24) is 15.3 Å². The van der Waals surface area contributed by atoms with Gasteiger partial charge in [-0.2, -0.15) is 0 Å². The van der Waals surface area contributed by atoms with E-state index in [0.717, 1.165) is 5.56 Å². The molecule has 10 nitrogen and oxygen atoms in total. The molecule has 0 spiro atoms. The van der Waals surface area contributed by atoms with E-state index in [9.17, 15) is 29.4 Å². The van der Waals surface area contributed by atoms with Gasteiger partial charge in [-0.15, -0.1) is 0 Å². The number of Topliss-reactive ketones (excluding diaryl/α,β-unsaturated/α-hetero) is 1. The van der Waals surface area contributed by atoms with Crippen LogP contribution in [0.4, 0.5) is 4.79 Å². The van der Waals surface area contributed by atoms with E-state index in [-0.39, 0.29) is 43.9 Å². The number of aromatic nitrogens is 2. The van der Waals surface area contributed by atoms with E-state index < -0.39 is 34.6 Å². The van der Waals surface area contributed by atoms with Crippen LogP contribution in [0.25, 0.3) is 0 Å². The maximum Gasteiger partial charge on any atom is 0.408 e. The molecule has 1 heterocycles. The maximum atomic E-state index is 12.4. The zero-order valence-corrected chi connectivity index (χ0v) is 15.3. The third-order valence-electron chi connectivity index (χ3n) is 4.77. The van der Waals surface area contributed by atoms with Crippen molar-refractivity contribution in [2.75, 3.05) is 0 Å². The Labute approximate surface area is 164 Å². The minimum atomic E-state index is -1.59. The lowest BCUT2D eigenvalue weighted by Crippen LogP contribution is -2.50. The number of rotatable bonds is 5. The molecule has 0 bridgehead atoms. The van der Waals surface area contributed by atoms with Crippen LogP contribution in [-0.4, -0.2) is 38.0 Å². The Morgan fingerprint density at radius 2 is 1.83 bits per heavy atom. The highest BCUT2D eigenvalue weighted by molar-refractivity contribution is 5.88. The van der Waals surface area contributed by atoms with Crippen LogP contribution in [0.3, 0.4) is 0 Å². The van der Waals surface area contributed by atoms with Gasteiger partial charge in [0.1, 0.15) is 23.8 Å². The Balaban J connectivity index is 1.88. The van der Waals surface area contributed by atoms with Crippen LogP contribution in [0, 0.1) is 0 Å². The van der Waals surface area contributed by atoms with Crippen LogP contribution in [0.15, 0.2) is 35.1 Å². The van der Waals surface area contributed by atoms with Crippen molar-refractivity contribution in [3.63, 3.8) is 0 Å². The second kappa shape index (κ2) is 8.13. The van der Waals surface area contributed by atoms with Crippen molar-refractivity contribution < 1.29 is 29.3 Å². The number of aromatic hydroxyl groups is 1. The first kappa shape index (κ1) is 20.1. The Kier molecular flexibility index (Phi) is 5.62. The standard InChI is InChI=1S/C19H19N3O7/c23-12-6-8-19(9-7-12,17-20-13(16(26)27)14(24)15(25)21-17)22-18(28)29-10-11-4-2-1-3-5-11/h1-5,24H,6-10H2,(H,22,28)(H,26,27)(H,20,21,25). The maximum absolute atomic E-state index is 12.4. The number of carbonyl (C=O) groups is 3. The predicted octanol–water partition coefficient (Wildman–Crippen LogP) is 1.44. The summed E-state index contributed by atoms with van der Waals surface area (Å²) in [7, 11) is 0. The third-order valence-corrected chi connectivity index (χ3v) is 4.77. The van der Waals surface area contributed by atoms with Crippen LogP contribution >= 0.6 is 0 Å². The molecule has 1 aliphatic carbocycles. The number of nitrogens with zero attached hydrogens (tertiary/aromatic N) is 1. The van der Waals surface area contributed by atoms with Gasteiger partial charge in [0.05, 0.1) is 0 Å². The SMILES string of the molecule is O=C1CCC(NC(=O)OCc2ccccc2)(c2nc(C(=O)O)c(O)c(=O)[nH]2)CC1. The van der Waals surface area contributed by atoms with Gasteiger partial charge >= 0.3 is 12.1 Å². The van der Waals surface area contributed by atoms with Gasteiger partial charge in [-0.05, 0) is 18.4 Å². The molecule has 0 saturated heterocycles. The topological polar surface area (TPSA) is 159 Å². The molecule has 10 heteroatoms. The number of alkyl carbamates (subject to hydrolysis) is 1. The minimum absolute atomic E-state index is 0.00157. The predicted molar refractivity (Wildman–Crippen MR) is 98.4 cm³/mol. The zero-order valence-electron chi connectivity index (χ0n) is 15.3. The number of aromatic carboxylic acids is 1. The summed E-state index contributed by atoms with van der Waals surface area (Å²) in [5, 5.41) is 21.5. The van der Waals surface area contributed by atoms with Crippen molar-refractivity contribution in [3.8, 4) is 5.75 Å². The number of benzene rings is 1.